The fraction of sp³-hybridized carbons (Fsp3) is 0.158. The predicted molar refractivity (Wildman–Crippen MR) is 100 cm³/mol. The molecule has 1 fully saturated rings. The van der Waals surface area contributed by atoms with Crippen LogP contribution in [0.15, 0.2) is 54.1 Å². The molecule has 1 N–H and O–H groups in total. The zero-order valence-corrected chi connectivity index (χ0v) is 15.4. The Morgan fingerprint density at radius 1 is 1.04 bits per heavy atom. The van der Waals surface area contributed by atoms with Crippen molar-refractivity contribution < 1.29 is 14.7 Å². The number of carbonyl (C=O) groups is 2. The molecule has 1 aliphatic heterocycles. The van der Waals surface area contributed by atoms with Crippen LogP contribution in [0.2, 0.25) is 0 Å². The van der Waals surface area contributed by atoms with Gasteiger partial charge in [0.25, 0.3) is 11.7 Å². The van der Waals surface area contributed by atoms with Gasteiger partial charge in [-0.2, -0.15) is 0 Å². The minimum atomic E-state index is -0.654. The van der Waals surface area contributed by atoms with E-state index in [1.165, 1.54) is 4.90 Å². The number of halogens is 1. The largest absolute Gasteiger partial charge is 0.507 e. The Morgan fingerprint density at radius 2 is 1.62 bits per heavy atom. The van der Waals surface area contributed by atoms with Crippen LogP contribution in [0.1, 0.15) is 22.7 Å². The number of aryl methyl sites for hydroxylation is 1. The van der Waals surface area contributed by atoms with Crippen molar-refractivity contribution in [1.29, 1.82) is 0 Å². The molecule has 122 valence electrons. The number of benzene rings is 2. The molecule has 0 unspecified atom stereocenters. The third-order valence-electron chi connectivity index (χ3n) is 4.19. The summed E-state index contributed by atoms with van der Waals surface area (Å²) in [6.07, 6.45) is 0. The molecule has 0 aliphatic carbocycles. The second kappa shape index (κ2) is 6.39. The van der Waals surface area contributed by atoms with Crippen molar-refractivity contribution in [2.24, 2.45) is 0 Å². The van der Waals surface area contributed by atoms with E-state index in [1.807, 2.05) is 43.3 Å². The summed E-state index contributed by atoms with van der Waals surface area (Å²) in [5.74, 6) is -1.40. The fourth-order valence-corrected chi connectivity index (χ4v) is 3.21. The Kier molecular flexibility index (Phi) is 4.45. The van der Waals surface area contributed by atoms with Crippen LogP contribution in [0.25, 0.3) is 5.76 Å². The molecule has 0 bridgehead atoms. The Morgan fingerprint density at radius 3 is 2.21 bits per heavy atom. The van der Waals surface area contributed by atoms with Gasteiger partial charge in [0.2, 0.25) is 0 Å². The number of nitrogens with zero attached hydrogens (tertiary/aromatic N) is 1. The molecule has 0 spiro atoms. The third kappa shape index (κ3) is 2.84. The molecule has 1 saturated heterocycles. The topological polar surface area (TPSA) is 57.6 Å². The molecule has 0 radical (unpaired) electrons. The normalized spacial score (nSPS) is 19.8. The summed E-state index contributed by atoms with van der Waals surface area (Å²) in [6, 6.07) is 14.2. The summed E-state index contributed by atoms with van der Waals surface area (Å²) in [6.45, 7) is 1.94. The van der Waals surface area contributed by atoms with Crippen LogP contribution in [0, 0.1) is 10.5 Å². The van der Waals surface area contributed by atoms with Crippen molar-refractivity contribution in [2.75, 3.05) is 7.05 Å². The Balaban J connectivity index is 2.16. The van der Waals surface area contributed by atoms with Gasteiger partial charge in [0.05, 0.1) is 11.6 Å². The van der Waals surface area contributed by atoms with Crippen LogP contribution in [0.3, 0.4) is 0 Å². The number of amides is 1. The number of aliphatic hydroxyl groups is 1. The lowest BCUT2D eigenvalue weighted by atomic mass is 9.95. The monoisotopic (exact) mass is 433 g/mol. The van der Waals surface area contributed by atoms with Crippen LogP contribution in [0.5, 0.6) is 0 Å². The SMILES string of the molecule is Cc1ccc(C(O)=C2C(=O)C(=O)N(C)[C@@H]2c2ccc(I)cc2)cc1. The number of ketones is 1. The van der Waals surface area contributed by atoms with Gasteiger partial charge in [0, 0.05) is 16.2 Å². The van der Waals surface area contributed by atoms with Crippen molar-refractivity contribution in [3.8, 4) is 0 Å². The minimum Gasteiger partial charge on any atom is -0.507 e. The number of likely N-dealkylation sites (tertiary alicyclic amines) is 1. The standard InChI is InChI=1S/C19H16INO3/c1-11-3-5-13(6-4-11)17(22)15-16(21(2)19(24)18(15)23)12-7-9-14(20)10-8-12/h3-10,16,22H,1-2H3/t16-/m1/s1. The quantitative estimate of drug-likeness (QED) is 0.341. The molecule has 3 rings (SSSR count). The first-order valence-corrected chi connectivity index (χ1v) is 8.55. The van der Waals surface area contributed by atoms with E-state index in [0.29, 0.717) is 5.56 Å². The van der Waals surface area contributed by atoms with Crippen LogP contribution in [0.4, 0.5) is 0 Å². The van der Waals surface area contributed by atoms with Crippen molar-refractivity contribution >= 4 is 40.0 Å². The Hall–Kier alpha value is -2.15. The molecule has 1 aliphatic rings. The lowest BCUT2D eigenvalue weighted by Gasteiger charge is -2.21. The van der Waals surface area contributed by atoms with E-state index in [9.17, 15) is 14.7 Å². The highest BCUT2D eigenvalue weighted by molar-refractivity contribution is 14.1. The first kappa shape index (κ1) is 16.7. The maximum absolute atomic E-state index is 12.4. The number of carbonyl (C=O) groups excluding carboxylic acids is 2. The molecule has 2 aromatic rings. The van der Waals surface area contributed by atoms with E-state index in [1.54, 1.807) is 19.2 Å². The number of rotatable bonds is 2. The molecule has 0 aromatic heterocycles. The van der Waals surface area contributed by atoms with Gasteiger partial charge in [-0.15, -0.1) is 0 Å². The smallest absolute Gasteiger partial charge is 0.295 e. The Labute approximate surface area is 153 Å². The van der Waals surface area contributed by atoms with Crippen LogP contribution >= 0.6 is 22.6 Å². The highest BCUT2D eigenvalue weighted by Crippen LogP contribution is 2.38. The second-order valence-electron chi connectivity index (χ2n) is 5.83. The molecule has 1 amide bonds. The average molecular weight is 433 g/mol. The molecule has 24 heavy (non-hydrogen) atoms. The van der Waals surface area contributed by atoms with E-state index in [4.69, 9.17) is 0 Å². The lowest BCUT2D eigenvalue weighted by molar-refractivity contribution is -0.139. The molecule has 2 aromatic carbocycles. The molecular formula is C19H16INO3. The molecule has 1 heterocycles. The van der Waals surface area contributed by atoms with Crippen LogP contribution in [-0.4, -0.2) is 28.7 Å². The van der Waals surface area contributed by atoms with E-state index in [2.05, 4.69) is 22.6 Å². The fourth-order valence-electron chi connectivity index (χ4n) is 2.85. The van der Waals surface area contributed by atoms with E-state index >= 15 is 0 Å². The van der Waals surface area contributed by atoms with Crippen molar-refractivity contribution in [3.05, 3.63) is 74.4 Å². The zero-order chi connectivity index (χ0) is 17.4. The van der Waals surface area contributed by atoms with Crippen molar-refractivity contribution in [1.82, 2.24) is 4.90 Å². The molecule has 4 nitrogen and oxygen atoms in total. The van der Waals surface area contributed by atoms with E-state index in [0.717, 1.165) is 14.7 Å². The average Bonchev–Trinajstić information content (AvgIpc) is 2.80. The van der Waals surface area contributed by atoms with Gasteiger partial charge in [-0.3, -0.25) is 9.59 Å². The highest BCUT2D eigenvalue weighted by atomic mass is 127. The first-order chi connectivity index (χ1) is 11.4. The Bertz CT molecular complexity index is 838. The number of hydrogen-bond acceptors (Lipinski definition) is 3. The van der Waals surface area contributed by atoms with Crippen molar-refractivity contribution in [3.63, 3.8) is 0 Å². The third-order valence-corrected chi connectivity index (χ3v) is 4.90. The van der Waals surface area contributed by atoms with Crippen molar-refractivity contribution in [2.45, 2.75) is 13.0 Å². The van der Waals surface area contributed by atoms with Gasteiger partial charge >= 0.3 is 0 Å². The van der Waals surface area contributed by atoms with Gasteiger partial charge in [0.15, 0.2) is 0 Å². The molecule has 1 atom stereocenters. The summed E-state index contributed by atoms with van der Waals surface area (Å²) < 4.78 is 1.06. The maximum atomic E-state index is 12.4. The zero-order valence-electron chi connectivity index (χ0n) is 13.3. The number of Topliss-reactive ketones (excluding diaryl/α,β-unsaturated/α-hetero) is 1. The van der Waals surface area contributed by atoms with Gasteiger partial charge in [-0.1, -0.05) is 42.0 Å². The minimum absolute atomic E-state index is 0.132. The number of likely N-dealkylation sites (N-methyl/N-ethyl adjacent to an activating group) is 1. The summed E-state index contributed by atoms with van der Waals surface area (Å²) in [4.78, 5) is 26.0. The van der Waals surface area contributed by atoms with E-state index < -0.39 is 17.7 Å². The molecule has 5 heteroatoms. The number of aliphatic hydroxyl groups excluding tert-OH is 1. The van der Waals surface area contributed by atoms with Gasteiger partial charge in [-0.05, 0) is 47.2 Å². The maximum Gasteiger partial charge on any atom is 0.295 e. The lowest BCUT2D eigenvalue weighted by Crippen LogP contribution is -2.24. The summed E-state index contributed by atoms with van der Waals surface area (Å²) in [5, 5.41) is 10.7. The van der Waals surface area contributed by atoms with Crippen LogP contribution in [-0.2, 0) is 9.59 Å². The summed E-state index contributed by atoms with van der Waals surface area (Å²) >= 11 is 2.20. The van der Waals surface area contributed by atoms with Crippen LogP contribution < -0.4 is 0 Å². The van der Waals surface area contributed by atoms with Gasteiger partial charge in [-0.25, -0.2) is 0 Å². The first-order valence-electron chi connectivity index (χ1n) is 7.47. The summed E-state index contributed by atoms with van der Waals surface area (Å²) in [7, 11) is 1.58. The van der Waals surface area contributed by atoms with Gasteiger partial charge in [0.1, 0.15) is 5.76 Å². The molecular weight excluding hydrogens is 417 g/mol. The van der Waals surface area contributed by atoms with E-state index in [-0.39, 0.29) is 11.3 Å². The predicted octanol–water partition coefficient (Wildman–Crippen LogP) is 3.65. The van der Waals surface area contributed by atoms with Gasteiger partial charge < -0.3 is 10.0 Å². The highest BCUT2D eigenvalue weighted by Gasteiger charge is 2.44. The number of hydrogen-bond donors (Lipinski definition) is 1. The summed E-state index contributed by atoms with van der Waals surface area (Å²) in [5.41, 5.74) is 2.51. The molecule has 0 saturated carbocycles. The second-order valence-corrected chi connectivity index (χ2v) is 7.07.